The first-order valence-electron chi connectivity index (χ1n) is 6.02. The summed E-state index contributed by atoms with van der Waals surface area (Å²) in [6, 6.07) is 2.23. The Morgan fingerprint density at radius 2 is 1.79 bits per heavy atom. The number of hydrogen-bond acceptors (Lipinski definition) is 1. The van der Waals surface area contributed by atoms with Gasteiger partial charge in [-0.1, -0.05) is 31.9 Å². The molecular formula is C13H13Br2F2NO. The lowest BCUT2D eigenvalue weighted by atomic mass is 9.98. The van der Waals surface area contributed by atoms with Crippen LogP contribution in [-0.2, 0) is 0 Å². The zero-order valence-corrected chi connectivity index (χ0v) is 13.3. The molecular weight excluding hydrogens is 384 g/mol. The summed E-state index contributed by atoms with van der Waals surface area (Å²) in [4.78, 5) is 13.7. The van der Waals surface area contributed by atoms with Crippen molar-refractivity contribution < 1.29 is 13.6 Å². The Balaban J connectivity index is 2.17. The van der Waals surface area contributed by atoms with Gasteiger partial charge in [-0.3, -0.25) is 4.79 Å². The smallest absolute Gasteiger partial charge is 0.259 e. The van der Waals surface area contributed by atoms with Crippen LogP contribution in [0, 0.1) is 17.6 Å². The van der Waals surface area contributed by atoms with Crippen molar-refractivity contribution in [2.45, 2.75) is 12.8 Å². The van der Waals surface area contributed by atoms with E-state index in [0.29, 0.717) is 19.0 Å². The first-order valence-corrected chi connectivity index (χ1v) is 7.94. The maximum Gasteiger partial charge on any atom is 0.259 e. The quantitative estimate of drug-likeness (QED) is 0.692. The van der Waals surface area contributed by atoms with Crippen molar-refractivity contribution in [3.05, 3.63) is 33.8 Å². The number of amides is 1. The van der Waals surface area contributed by atoms with Crippen molar-refractivity contribution in [1.29, 1.82) is 0 Å². The number of carbonyl (C=O) groups excluding carboxylic acids is 1. The van der Waals surface area contributed by atoms with E-state index >= 15 is 0 Å². The molecule has 2 rings (SSSR count). The lowest BCUT2D eigenvalue weighted by molar-refractivity contribution is 0.0689. The van der Waals surface area contributed by atoms with Crippen molar-refractivity contribution in [2.75, 3.05) is 18.4 Å². The molecule has 0 radical (unpaired) electrons. The fourth-order valence-electron chi connectivity index (χ4n) is 2.19. The first-order chi connectivity index (χ1) is 9.02. The van der Waals surface area contributed by atoms with Crippen molar-refractivity contribution in [3.8, 4) is 0 Å². The van der Waals surface area contributed by atoms with E-state index in [0.717, 1.165) is 30.3 Å². The van der Waals surface area contributed by atoms with Gasteiger partial charge >= 0.3 is 0 Å². The molecule has 0 atom stereocenters. The number of nitrogens with zero attached hydrogens (tertiary/aromatic N) is 1. The van der Waals surface area contributed by atoms with E-state index in [1.807, 2.05) is 0 Å². The van der Waals surface area contributed by atoms with E-state index in [1.165, 1.54) is 4.90 Å². The second kappa shape index (κ2) is 6.31. The molecule has 1 saturated heterocycles. The lowest BCUT2D eigenvalue weighted by Crippen LogP contribution is -2.39. The number of piperidine rings is 1. The molecule has 19 heavy (non-hydrogen) atoms. The Hall–Kier alpha value is -0.490. The molecule has 0 unspecified atom stereocenters. The topological polar surface area (TPSA) is 20.3 Å². The molecule has 2 nitrogen and oxygen atoms in total. The second-order valence-corrected chi connectivity index (χ2v) is 6.20. The predicted molar refractivity (Wildman–Crippen MR) is 76.5 cm³/mol. The SMILES string of the molecule is O=C(c1c(F)cc(Br)cc1F)N1CCC(CBr)CC1. The molecule has 0 aliphatic carbocycles. The van der Waals surface area contributed by atoms with E-state index in [9.17, 15) is 13.6 Å². The number of alkyl halides is 1. The van der Waals surface area contributed by atoms with Gasteiger partial charge in [0.15, 0.2) is 0 Å². The van der Waals surface area contributed by atoms with Gasteiger partial charge in [0.2, 0.25) is 0 Å². The summed E-state index contributed by atoms with van der Waals surface area (Å²) in [5.74, 6) is -1.67. The molecule has 1 aliphatic rings. The van der Waals surface area contributed by atoms with Crippen molar-refractivity contribution in [2.24, 2.45) is 5.92 Å². The van der Waals surface area contributed by atoms with Gasteiger partial charge in [-0.05, 0) is 30.9 Å². The molecule has 1 amide bonds. The second-order valence-electron chi connectivity index (χ2n) is 4.63. The number of likely N-dealkylation sites (tertiary alicyclic amines) is 1. The Labute approximate surface area is 127 Å². The maximum atomic E-state index is 13.7. The van der Waals surface area contributed by atoms with Crippen LogP contribution in [-0.4, -0.2) is 29.2 Å². The van der Waals surface area contributed by atoms with E-state index in [-0.39, 0.29) is 4.47 Å². The van der Waals surface area contributed by atoms with E-state index in [4.69, 9.17) is 0 Å². The summed E-state index contributed by atoms with van der Waals surface area (Å²) in [5.41, 5.74) is -0.458. The minimum Gasteiger partial charge on any atom is -0.338 e. The van der Waals surface area contributed by atoms with Gasteiger partial charge in [-0.25, -0.2) is 8.78 Å². The van der Waals surface area contributed by atoms with Crippen LogP contribution in [0.2, 0.25) is 0 Å². The largest absolute Gasteiger partial charge is 0.338 e. The Morgan fingerprint density at radius 1 is 1.26 bits per heavy atom. The zero-order valence-electron chi connectivity index (χ0n) is 10.1. The van der Waals surface area contributed by atoms with Gasteiger partial charge in [-0.2, -0.15) is 0 Å². The van der Waals surface area contributed by atoms with Gasteiger partial charge in [0.1, 0.15) is 17.2 Å². The van der Waals surface area contributed by atoms with Gasteiger partial charge < -0.3 is 4.90 Å². The molecule has 0 saturated carbocycles. The summed E-state index contributed by atoms with van der Waals surface area (Å²) in [5, 5.41) is 0.899. The average Bonchev–Trinajstić information content (AvgIpc) is 2.37. The van der Waals surface area contributed by atoms with Crippen LogP contribution in [0.25, 0.3) is 0 Å². The number of hydrogen-bond donors (Lipinski definition) is 0. The maximum absolute atomic E-state index is 13.7. The molecule has 1 fully saturated rings. The Morgan fingerprint density at radius 3 is 2.26 bits per heavy atom. The highest BCUT2D eigenvalue weighted by Gasteiger charge is 2.27. The molecule has 6 heteroatoms. The van der Waals surface area contributed by atoms with Crippen molar-refractivity contribution >= 4 is 37.8 Å². The van der Waals surface area contributed by atoms with Crippen LogP contribution in [0.1, 0.15) is 23.2 Å². The van der Waals surface area contributed by atoms with Gasteiger partial charge in [-0.15, -0.1) is 0 Å². The molecule has 0 aromatic heterocycles. The summed E-state index contributed by atoms with van der Waals surface area (Å²) < 4.78 is 27.8. The third-order valence-corrected chi connectivity index (χ3v) is 4.71. The van der Waals surface area contributed by atoms with Gasteiger partial charge in [0.05, 0.1) is 0 Å². The fraction of sp³-hybridized carbons (Fsp3) is 0.462. The molecule has 0 N–H and O–H groups in total. The number of halogens is 4. The van der Waals surface area contributed by atoms with Crippen molar-refractivity contribution in [1.82, 2.24) is 4.90 Å². The molecule has 0 bridgehead atoms. The summed E-state index contributed by atoms with van der Waals surface area (Å²) in [6.45, 7) is 1.09. The van der Waals surface area contributed by atoms with Crippen LogP contribution in [0.15, 0.2) is 16.6 Å². The predicted octanol–water partition coefficient (Wildman–Crippen LogP) is 3.97. The highest BCUT2D eigenvalue weighted by atomic mass is 79.9. The van der Waals surface area contributed by atoms with Gasteiger partial charge in [0.25, 0.3) is 5.91 Å². The first kappa shape index (κ1) is 14.9. The molecule has 1 aromatic carbocycles. The molecule has 1 aliphatic heterocycles. The third kappa shape index (κ3) is 3.34. The van der Waals surface area contributed by atoms with Crippen LogP contribution in [0.4, 0.5) is 8.78 Å². The van der Waals surface area contributed by atoms with Crippen LogP contribution < -0.4 is 0 Å². The standard InChI is InChI=1S/C13H13Br2F2NO/c14-7-8-1-3-18(4-2-8)13(19)12-10(16)5-9(15)6-11(12)17/h5-6,8H,1-4,7H2. The van der Waals surface area contributed by atoms with E-state index in [2.05, 4.69) is 31.9 Å². The molecule has 104 valence electrons. The summed E-state index contributed by atoms with van der Waals surface area (Å²) in [7, 11) is 0. The summed E-state index contributed by atoms with van der Waals surface area (Å²) >= 11 is 6.41. The van der Waals surface area contributed by atoms with Crippen LogP contribution in [0.5, 0.6) is 0 Å². The van der Waals surface area contributed by atoms with E-state index < -0.39 is 23.1 Å². The van der Waals surface area contributed by atoms with E-state index in [1.54, 1.807) is 0 Å². The zero-order chi connectivity index (χ0) is 14.0. The minimum absolute atomic E-state index is 0.289. The van der Waals surface area contributed by atoms with Crippen LogP contribution in [0.3, 0.4) is 0 Å². The average molecular weight is 397 g/mol. The number of carbonyl (C=O) groups is 1. The number of benzene rings is 1. The molecule has 0 spiro atoms. The summed E-state index contributed by atoms with van der Waals surface area (Å²) in [6.07, 6.45) is 1.72. The number of rotatable bonds is 2. The Kier molecular flexibility index (Phi) is 4.95. The molecule has 1 aromatic rings. The highest BCUT2D eigenvalue weighted by molar-refractivity contribution is 9.10. The fourth-order valence-corrected chi connectivity index (χ4v) is 3.24. The van der Waals surface area contributed by atoms with Gasteiger partial charge in [0, 0.05) is 22.9 Å². The van der Waals surface area contributed by atoms with Crippen molar-refractivity contribution in [3.63, 3.8) is 0 Å². The highest BCUT2D eigenvalue weighted by Crippen LogP contribution is 2.24. The Bertz CT molecular complexity index is 465. The van der Waals surface area contributed by atoms with Crippen LogP contribution >= 0.6 is 31.9 Å². The monoisotopic (exact) mass is 395 g/mol. The molecule has 1 heterocycles. The lowest BCUT2D eigenvalue weighted by Gasteiger charge is -2.31. The third-order valence-electron chi connectivity index (χ3n) is 3.34. The normalized spacial score (nSPS) is 16.7. The minimum atomic E-state index is -0.820.